The first-order valence-electron chi connectivity index (χ1n) is 5.79. The van der Waals surface area contributed by atoms with Crippen LogP contribution in [0, 0.1) is 6.92 Å². The van der Waals surface area contributed by atoms with Crippen LogP contribution in [0.5, 0.6) is 0 Å². The molecular formula is C13H20N2O. The summed E-state index contributed by atoms with van der Waals surface area (Å²) in [5.74, 6) is -0.0146. The SMILES string of the molecule is CCCCCNC(=O)c1ccc(N)c(C)c1. The van der Waals surface area contributed by atoms with Crippen LogP contribution in [-0.2, 0) is 0 Å². The van der Waals surface area contributed by atoms with Gasteiger partial charge in [0.2, 0.25) is 0 Å². The van der Waals surface area contributed by atoms with Crippen molar-refractivity contribution in [2.45, 2.75) is 33.1 Å². The number of nitrogens with two attached hydrogens (primary N) is 1. The molecule has 0 saturated carbocycles. The van der Waals surface area contributed by atoms with E-state index >= 15 is 0 Å². The van der Waals surface area contributed by atoms with Crippen LogP contribution in [0.3, 0.4) is 0 Å². The van der Waals surface area contributed by atoms with Crippen molar-refractivity contribution in [2.75, 3.05) is 12.3 Å². The maximum absolute atomic E-state index is 11.7. The summed E-state index contributed by atoms with van der Waals surface area (Å²) in [6, 6.07) is 5.36. The molecule has 16 heavy (non-hydrogen) atoms. The second kappa shape index (κ2) is 6.16. The zero-order valence-electron chi connectivity index (χ0n) is 10.0. The number of anilines is 1. The Morgan fingerprint density at radius 3 is 2.75 bits per heavy atom. The summed E-state index contributed by atoms with van der Waals surface area (Å²) >= 11 is 0. The Hall–Kier alpha value is -1.51. The number of unbranched alkanes of at least 4 members (excludes halogenated alkanes) is 2. The Morgan fingerprint density at radius 2 is 2.12 bits per heavy atom. The molecular weight excluding hydrogens is 200 g/mol. The van der Waals surface area contributed by atoms with Crippen molar-refractivity contribution in [3.63, 3.8) is 0 Å². The summed E-state index contributed by atoms with van der Waals surface area (Å²) in [6.07, 6.45) is 3.36. The molecule has 0 aromatic heterocycles. The molecule has 3 heteroatoms. The normalized spacial score (nSPS) is 10.1. The minimum atomic E-state index is -0.0146. The molecule has 1 aromatic rings. The lowest BCUT2D eigenvalue weighted by Crippen LogP contribution is -2.24. The third kappa shape index (κ3) is 3.57. The van der Waals surface area contributed by atoms with E-state index in [9.17, 15) is 4.79 Å². The van der Waals surface area contributed by atoms with Gasteiger partial charge in [-0.2, -0.15) is 0 Å². The van der Waals surface area contributed by atoms with Gasteiger partial charge >= 0.3 is 0 Å². The third-order valence-electron chi connectivity index (χ3n) is 2.60. The molecule has 1 amide bonds. The molecule has 0 fully saturated rings. The number of nitrogen functional groups attached to an aromatic ring is 1. The van der Waals surface area contributed by atoms with Gasteiger partial charge in [-0.1, -0.05) is 19.8 Å². The van der Waals surface area contributed by atoms with Crippen molar-refractivity contribution in [2.24, 2.45) is 0 Å². The summed E-state index contributed by atoms with van der Waals surface area (Å²) in [7, 11) is 0. The fourth-order valence-corrected chi connectivity index (χ4v) is 1.50. The van der Waals surface area contributed by atoms with Crippen molar-refractivity contribution >= 4 is 11.6 Å². The molecule has 1 rings (SSSR count). The number of benzene rings is 1. The van der Waals surface area contributed by atoms with Gasteiger partial charge in [-0.05, 0) is 37.1 Å². The highest BCUT2D eigenvalue weighted by Crippen LogP contribution is 2.12. The zero-order valence-corrected chi connectivity index (χ0v) is 10.0. The van der Waals surface area contributed by atoms with Crippen LogP contribution in [0.4, 0.5) is 5.69 Å². The predicted molar refractivity (Wildman–Crippen MR) is 67.4 cm³/mol. The highest BCUT2D eigenvalue weighted by Gasteiger charge is 2.05. The third-order valence-corrected chi connectivity index (χ3v) is 2.60. The van der Waals surface area contributed by atoms with E-state index in [1.807, 2.05) is 13.0 Å². The Balaban J connectivity index is 2.50. The maximum Gasteiger partial charge on any atom is 0.251 e. The number of hydrogen-bond acceptors (Lipinski definition) is 2. The monoisotopic (exact) mass is 220 g/mol. The van der Waals surface area contributed by atoms with Gasteiger partial charge < -0.3 is 11.1 Å². The van der Waals surface area contributed by atoms with Crippen LogP contribution in [0.25, 0.3) is 0 Å². The first kappa shape index (κ1) is 12.6. The van der Waals surface area contributed by atoms with E-state index in [4.69, 9.17) is 5.73 Å². The van der Waals surface area contributed by atoms with Gasteiger partial charge in [0.05, 0.1) is 0 Å². The predicted octanol–water partition coefficient (Wildman–Crippen LogP) is 2.50. The van der Waals surface area contributed by atoms with Gasteiger partial charge in [0, 0.05) is 17.8 Å². The maximum atomic E-state index is 11.7. The van der Waals surface area contributed by atoms with E-state index in [1.54, 1.807) is 12.1 Å². The fourth-order valence-electron chi connectivity index (χ4n) is 1.50. The lowest BCUT2D eigenvalue weighted by Gasteiger charge is -2.06. The van der Waals surface area contributed by atoms with Crippen molar-refractivity contribution in [3.8, 4) is 0 Å². The highest BCUT2D eigenvalue weighted by molar-refractivity contribution is 5.94. The van der Waals surface area contributed by atoms with Crippen LogP contribution in [-0.4, -0.2) is 12.5 Å². The molecule has 88 valence electrons. The number of rotatable bonds is 5. The van der Waals surface area contributed by atoms with Gasteiger partial charge in [0.25, 0.3) is 5.91 Å². The quantitative estimate of drug-likeness (QED) is 0.591. The van der Waals surface area contributed by atoms with Gasteiger partial charge in [-0.3, -0.25) is 4.79 Å². The largest absolute Gasteiger partial charge is 0.399 e. The van der Waals surface area contributed by atoms with Crippen LogP contribution >= 0.6 is 0 Å². The van der Waals surface area contributed by atoms with Crippen molar-refractivity contribution < 1.29 is 4.79 Å². The second-order valence-corrected chi connectivity index (χ2v) is 4.03. The number of carbonyl (C=O) groups is 1. The summed E-state index contributed by atoms with van der Waals surface area (Å²) < 4.78 is 0. The van der Waals surface area contributed by atoms with Crippen molar-refractivity contribution in [1.82, 2.24) is 5.32 Å². The van der Waals surface area contributed by atoms with Crippen LogP contribution in [0.1, 0.15) is 42.1 Å². The van der Waals surface area contributed by atoms with E-state index in [1.165, 1.54) is 0 Å². The topological polar surface area (TPSA) is 55.1 Å². The van der Waals surface area contributed by atoms with Crippen molar-refractivity contribution in [1.29, 1.82) is 0 Å². The molecule has 0 aliphatic heterocycles. The lowest BCUT2D eigenvalue weighted by molar-refractivity contribution is 0.0953. The van der Waals surface area contributed by atoms with E-state index in [0.29, 0.717) is 5.56 Å². The molecule has 0 aliphatic carbocycles. The Bertz CT molecular complexity index is 361. The smallest absolute Gasteiger partial charge is 0.251 e. The highest BCUT2D eigenvalue weighted by atomic mass is 16.1. The van der Waals surface area contributed by atoms with Gasteiger partial charge in [0.1, 0.15) is 0 Å². The number of nitrogens with one attached hydrogen (secondary N) is 1. The molecule has 0 aliphatic rings. The molecule has 1 aromatic carbocycles. The molecule has 0 saturated heterocycles. The Kier molecular flexibility index (Phi) is 4.83. The van der Waals surface area contributed by atoms with E-state index < -0.39 is 0 Å². The number of carbonyl (C=O) groups excluding carboxylic acids is 1. The molecule has 0 heterocycles. The molecule has 3 N–H and O–H groups in total. The van der Waals surface area contributed by atoms with Gasteiger partial charge in [-0.15, -0.1) is 0 Å². The average Bonchev–Trinajstić information content (AvgIpc) is 2.28. The molecule has 3 nitrogen and oxygen atoms in total. The zero-order chi connectivity index (χ0) is 12.0. The molecule has 0 unspecified atom stereocenters. The molecule has 0 spiro atoms. The fraction of sp³-hybridized carbons (Fsp3) is 0.462. The first-order valence-corrected chi connectivity index (χ1v) is 5.79. The Morgan fingerprint density at radius 1 is 1.38 bits per heavy atom. The number of hydrogen-bond donors (Lipinski definition) is 2. The summed E-state index contributed by atoms with van der Waals surface area (Å²) in [5.41, 5.74) is 8.05. The van der Waals surface area contributed by atoms with Crippen LogP contribution in [0.15, 0.2) is 18.2 Å². The van der Waals surface area contributed by atoms with Crippen LogP contribution < -0.4 is 11.1 Å². The average molecular weight is 220 g/mol. The van der Waals surface area contributed by atoms with E-state index in [2.05, 4.69) is 12.2 Å². The minimum absolute atomic E-state index is 0.0146. The second-order valence-electron chi connectivity index (χ2n) is 4.03. The number of aryl methyl sites for hydroxylation is 1. The van der Waals surface area contributed by atoms with Gasteiger partial charge in [0.15, 0.2) is 0 Å². The summed E-state index contributed by atoms with van der Waals surface area (Å²) in [4.78, 5) is 11.7. The minimum Gasteiger partial charge on any atom is -0.399 e. The molecule has 0 bridgehead atoms. The van der Waals surface area contributed by atoms with Crippen LogP contribution in [0.2, 0.25) is 0 Å². The molecule has 0 radical (unpaired) electrons. The summed E-state index contributed by atoms with van der Waals surface area (Å²) in [6.45, 7) is 4.80. The van der Waals surface area contributed by atoms with Crippen molar-refractivity contribution in [3.05, 3.63) is 29.3 Å². The number of amides is 1. The standard InChI is InChI=1S/C13H20N2O/c1-3-4-5-8-15-13(16)11-6-7-12(14)10(2)9-11/h6-7,9H,3-5,8,14H2,1-2H3,(H,15,16). The molecule has 0 atom stereocenters. The van der Waals surface area contributed by atoms with Gasteiger partial charge in [-0.25, -0.2) is 0 Å². The first-order chi connectivity index (χ1) is 7.65. The lowest BCUT2D eigenvalue weighted by atomic mass is 10.1. The van der Waals surface area contributed by atoms with E-state index in [0.717, 1.165) is 37.1 Å². The summed E-state index contributed by atoms with van der Waals surface area (Å²) in [5, 5.41) is 2.90. The Labute approximate surface area is 97.0 Å². The van der Waals surface area contributed by atoms with E-state index in [-0.39, 0.29) is 5.91 Å².